The molecule has 10 heteroatoms. The van der Waals surface area contributed by atoms with E-state index in [1.54, 1.807) is 24.1 Å². The molecule has 2 aromatic heterocycles. The smallest absolute Gasteiger partial charge is 0.410 e. The summed E-state index contributed by atoms with van der Waals surface area (Å²) in [7, 11) is 1.60. The minimum Gasteiger partial charge on any atom is -0.444 e. The van der Waals surface area contributed by atoms with E-state index in [4.69, 9.17) is 11.3 Å². The van der Waals surface area contributed by atoms with Gasteiger partial charge in [0.05, 0.1) is 24.2 Å². The lowest BCUT2D eigenvalue weighted by Crippen LogP contribution is -2.62. The molecule has 166 valence electrons. The SMILES string of the molecule is [C-]#[N+]c1ccc2c(n1)c(N1C[C@@H](CC)N(C(=O)OC(C)(C)C)C[C@@H]1CO)nc(=O)n2C. The molecule has 10 nitrogen and oxygen atoms in total. The molecule has 3 heterocycles. The maximum Gasteiger partial charge on any atom is 0.410 e. The fourth-order valence-corrected chi connectivity index (χ4v) is 3.72. The monoisotopic (exact) mass is 428 g/mol. The van der Waals surface area contributed by atoms with Gasteiger partial charge in [0.2, 0.25) is 5.52 Å². The Morgan fingerprint density at radius 2 is 2.00 bits per heavy atom. The Balaban J connectivity index is 2.06. The summed E-state index contributed by atoms with van der Waals surface area (Å²) in [5.74, 6) is 0.499. The Kier molecular flexibility index (Phi) is 6.18. The summed E-state index contributed by atoms with van der Waals surface area (Å²) >= 11 is 0. The molecule has 1 fully saturated rings. The van der Waals surface area contributed by atoms with Crippen LogP contribution in [0, 0.1) is 6.57 Å². The number of carbonyl (C=O) groups is 1. The Labute approximate surface area is 180 Å². The Morgan fingerprint density at radius 1 is 1.29 bits per heavy atom. The number of aliphatic hydroxyl groups excluding tert-OH is 1. The lowest BCUT2D eigenvalue weighted by molar-refractivity contribution is 0.00773. The summed E-state index contributed by atoms with van der Waals surface area (Å²) in [4.78, 5) is 40.7. The maximum atomic E-state index is 12.8. The van der Waals surface area contributed by atoms with Crippen LogP contribution in [-0.2, 0) is 11.8 Å². The number of carbonyl (C=O) groups excluding carboxylic acids is 1. The highest BCUT2D eigenvalue weighted by atomic mass is 16.6. The van der Waals surface area contributed by atoms with Crippen LogP contribution < -0.4 is 10.6 Å². The van der Waals surface area contributed by atoms with E-state index < -0.39 is 23.4 Å². The van der Waals surface area contributed by atoms with E-state index >= 15 is 0 Å². The number of anilines is 1. The van der Waals surface area contributed by atoms with Crippen LogP contribution in [-0.4, -0.2) is 68.0 Å². The topological polar surface area (TPSA) is 105 Å². The van der Waals surface area contributed by atoms with Crippen molar-refractivity contribution >= 4 is 28.8 Å². The van der Waals surface area contributed by atoms with E-state index in [9.17, 15) is 14.7 Å². The van der Waals surface area contributed by atoms with Gasteiger partial charge in [0.25, 0.3) is 5.82 Å². The fourth-order valence-electron chi connectivity index (χ4n) is 3.72. The standard InChI is InChI=1S/C21H28N6O4/c1-7-13-10-26(14(12-28)11-27(13)20(30)31-21(2,3)4)18-17-15(25(6)19(29)24-18)8-9-16(22-5)23-17/h8-9,13-14,28H,7,10-12H2,1-4,6H3/t13-,14-/m1/s1. The summed E-state index contributed by atoms with van der Waals surface area (Å²) in [6, 6.07) is 2.51. The molecule has 0 saturated carbocycles. The molecule has 0 aliphatic carbocycles. The molecule has 1 aliphatic rings. The zero-order valence-electron chi connectivity index (χ0n) is 18.5. The van der Waals surface area contributed by atoms with Gasteiger partial charge in [-0.1, -0.05) is 13.5 Å². The van der Waals surface area contributed by atoms with Crippen molar-refractivity contribution < 1.29 is 14.6 Å². The average molecular weight is 428 g/mol. The number of ether oxygens (including phenoxy) is 1. The lowest BCUT2D eigenvalue weighted by atomic mass is 10.0. The molecule has 1 saturated heterocycles. The average Bonchev–Trinajstić information content (AvgIpc) is 2.73. The van der Waals surface area contributed by atoms with Gasteiger partial charge in [0, 0.05) is 20.1 Å². The molecule has 1 aliphatic heterocycles. The van der Waals surface area contributed by atoms with Gasteiger partial charge in [-0.05, 0) is 39.3 Å². The van der Waals surface area contributed by atoms with Crippen molar-refractivity contribution in [3.63, 3.8) is 0 Å². The van der Waals surface area contributed by atoms with Crippen molar-refractivity contribution in [1.29, 1.82) is 0 Å². The van der Waals surface area contributed by atoms with Crippen molar-refractivity contribution in [2.75, 3.05) is 24.6 Å². The number of amides is 1. The predicted molar refractivity (Wildman–Crippen MR) is 116 cm³/mol. The Bertz CT molecular complexity index is 1080. The van der Waals surface area contributed by atoms with Crippen LogP contribution in [0.15, 0.2) is 16.9 Å². The van der Waals surface area contributed by atoms with Crippen LogP contribution >= 0.6 is 0 Å². The van der Waals surface area contributed by atoms with Crippen LogP contribution in [0.5, 0.6) is 0 Å². The summed E-state index contributed by atoms with van der Waals surface area (Å²) in [6.45, 7) is 15.0. The number of pyridine rings is 1. The molecular formula is C21H28N6O4. The summed E-state index contributed by atoms with van der Waals surface area (Å²) in [6.07, 6.45) is 0.213. The lowest BCUT2D eigenvalue weighted by Gasteiger charge is -2.46. The minimum atomic E-state index is -0.634. The van der Waals surface area contributed by atoms with Gasteiger partial charge in [-0.3, -0.25) is 4.57 Å². The molecule has 2 aromatic rings. The third kappa shape index (κ3) is 4.46. The third-order valence-electron chi connectivity index (χ3n) is 5.31. The second kappa shape index (κ2) is 8.51. The van der Waals surface area contributed by atoms with Crippen LogP contribution in [0.25, 0.3) is 15.9 Å². The van der Waals surface area contributed by atoms with Crippen LogP contribution in [0.2, 0.25) is 0 Å². The van der Waals surface area contributed by atoms with Crippen LogP contribution in [0.1, 0.15) is 34.1 Å². The first-order valence-corrected chi connectivity index (χ1v) is 10.2. The highest BCUT2D eigenvalue weighted by Gasteiger charge is 2.39. The molecule has 31 heavy (non-hydrogen) atoms. The molecule has 1 N–H and O–H groups in total. The van der Waals surface area contributed by atoms with Crippen LogP contribution in [0.3, 0.4) is 0 Å². The zero-order valence-corrected chi connectivity index (χ0v) is 18.5. The largest absolute Gasteiger partial charge is 0.444 e. The minimum absolute atomic E-state index is 0.189. The molecule has 3 rings (SSSR count). The molecular weight excluding hydrogens is 400 g/mol. The van der Waals surface area contributed by atoms with Gasteiger partial charge < -0.3 is 24.5 Å². The molecule has 0 aromatic carbocycles. The van der Waals surface area contributed by atoms with Gasteiger partial charge in [-0.25, -0.2) is 9.59 Å². The molecule has 2 atom stereocenters. The maximum absolute atomic E-state index is 12.8. The second-order valence-electron chi connectivity index (χ2n) is 8.61. The fraction of sp³-hybridized carbons (Fsp3) is 0.571. The van der Waals surface area contributed by atoms with E-state index in [2.05, 4.69) is 14.8 Å². The first-order chi connectivity index (χ1) is 14.6. The first-order valence-electron chi connectivity index (χ1n) is 10.2. The highest BCUT2D eigenvalue weighted by Crippen LogP contribution is 2.29. The first kappa shape index (κ1) is 22.5. The molecule has 0 radical (unpaired) electrons. The van der Waals surface area contributed by atoms with Gasteiger partial charge in [-0.15, -0.1) is 4.98 Å². The van der Waals surface area contributed by atoms with Crippen molar-refractivity contribution in [2.24, 2.45) is 7.05 Å². The number of hydrogen-bond donors (Lipinski definition) is 1. The van der Waals surface area contributed by atoms with E-state index in [0.29, 0.717) is 29.8 Å². The second-order valence-corrected chi connectivity index (χ2v) is 8.61. The number of hydrogen-bond acceptors (Lipinski definition) is 7. The number of piperazine rings is 1. The van der Waals surface area contributed by atoms with Crippen molar-refractivity contribution in [2.45, 2.75) is 51.8 Å². The summed E-state index contributed by atoms with van der Waals surface area (Å²) < 4.78 is 6.93. The quantitative estimate of drug-likeness (QED) is 0.746. The highest BCUT2D eigenvalue weighted by molar-refractivity contribution is 5.87. The Hall–Kier alpha value is -3.19. The van der Waals surface area contributed by atoms with Crippen molar-refractivity contribution in [3.8, 4) is 0 Å². The van der Waals surface area contributed by atoms with Gasteiger partial charge >= 0.3 is 11.8 Å². The number of aliphatic hydroxyl groups is 1. The zero-order chi connectivity index (χ0) is 22.9. The number of aromatic nitrogens is 3. The number of aryl methyl sites for hydroxylation is 1. The number of nitrogens with zero attached hydrogens (tertiary/aromatic N) is 6. The van der Waals surface area contributed by atoms with Gasteiger partial charge in [0.15, 0.2) is 5.82 Å². The van der Waals surface area contributed by atoms with E-state index in [1.165, 1.54) is 4.57 Å². The summed E-state index contributed by atoms with van der Waals surface area (Å²) in [5.41, 5.74) is -0.138. The molecule has 0 unspecified atom stereocenters. The normalized spacial score (nSPS) is 19.4. The van der Waals surface area contributed by atoms with E-state index in [1.807, 2.05) is 32.6 Å². The number of rotatable bonds is 3. The van der Waals surface area contributed by atoms with E-state index in [-0.39, 0.29) is 25.0 Å². The third-order valence-corrected chi connectivity index (χ3v) is 5.31. The van der Waals surface area contributed by atoms with Gasteiger partial charge in [-0.2, -0.15) is 4.98 Å². The van der Waals surface area contributed by atoms with Crippen molar-refractivity contribution in [1.82, 2.24) is 19.4 Å². The van der Waals surface area contributed by atoms with Crippen molar-refractivity contribution in [3.05, 3.63) is 34.0 Å². The summed E-state index contributed by atoms with van der Waals surface area (Å²) in [5, 5.41) is 10.1. The Morgan fingerprint density at radius 3 is 2.58 bits per heavy atom. The predicted octanol–water partition coefficient (Wildman–Crippen LogP) is 2.08. The molecule has 0 bridgehead atoms. The number of fused-ring (bicyclic) bond motifs is 1. The molecule has 0 spiro atoms. The van der Waals surface area contributed by atoms with Gasteiger partial charge in [0.1, 0.15) is 5.60 Å². The van der Waals surface area contributed by atoms with E-state index in [0.717, 1.165) is 0 Å². The molecule has 1 amide bonds. The van der Waals surface area contributed by atoms with Crippen LogP contribution in [0.4, 0.5) is 16.4 Å².